The number of aromatic hydroxyl groups is 5. The van der Waals surface area contributed by atoms with Gasteiger partial charge in [0.05, 0.1) is 5.56 Å². The van der Waals surface area contributed by atoms with Gasteiger partial charge in [-0.25, -0.2) is 0 Å². The molecule has 0 bridgehead atoms. The van der Waals surface area contributed by atoms with Crippen molar-refractivity contribution >= 4 is 43.1 Å². The van der Waals surface area contributed by atoms with Crippen LogP contribution < -0.4 is 0 Å². The molecule has 0 aliphatic carbocycles. The molecule has 0 aromatic heterocycles. The van der Waals surface area contributed by atoms with Crippen LogP contribution in [-0.4, -0.2) is 25.5 Å². The van der Waals surface area contributed by atoms with Crippen LogP contribution in [0.3, 0.4) is 0 Å². The van der Waals surface area contributed by atoms with Crippen LogP contribution in [0.5, 0.6) is 28.7 Å². The molecule has 0 unspecified atom stereocenters. The first-order valence-corrected chi connectivity index (χ1v) is 12.5. The summed E-state index contributed by atoms with van der Waals surface area (Å²) in [7, 11) is 0. The maximum atomic E-state index is 10.9. The van der Waals surface area contributed by atoms with Gasteiger partial charge in [0.2, 0.25) is 17.2 Å². The Balaban J connectivity index is 1.61. The molecule has 0 saturated heterocycles. The highest BCUT2D eigenvalue weighted by molar-refractivity contribution is 6.23. The van der Waals surface area contributed by atoms with Crippen molar-refractivity contribution in [2.45, 2.75) is 0 Å². The van der Waals surface area contributed by atoms with E-state index in [9.17, 15) is 25.5 Å². The first-order chi connectivity index (χ1) is 19.0. The maximum Gasteiger partial charge on any atom is 0.208 e. The normalized spacial score (nSPS) is 11.6. The molecule has 0 aliphatic rings. The van der Waals surface area contributed by atoms with E-state index in [1.54, 1.807) is 0 Å². The van der Waals surface area contributed by atoms with Crippen molar-refractivity contribution in [2.24, 2.45) is 0 Å². The van der Waals surface area contributed by atoms with Gasteiger partial charge in [-0.3, -0.25) is 0 Å². The molecule has 0 saturated carbocycles. The molecule has 0 amide bonds. The summed E-state index contributed by atoms with van der Waals surface area (Å²) in [6.07, 6.45) is 0. The summed E-state index contributed by atoms with van der Waals surface area (Å²) < 4.78 is 0. The van der Waals surface area contributed by atoms with Gasteiger partial charge in [0.25, 0.3) is 0 Å². The molecule has 0 heterocycles. The van der Waals surface area contributed by atoms with E-state index in [2.05, 4.69) is 42.5 Å². The van der Waals surface area contributed by atoms with Crippen molar-refractivity contribution in [3.63, 3.8) is 0 Å². The van der Waals surface area contributed by atoms with Gasteiger partial charge in [0, 0.05) is 5.56 Å². The zero-order valence-corrected chi connectivity index (χ0v) is 20.6. The summed E-state index contributed by atoms with van der Waals surface area (Å²) in [6.45, 7) is 0. The van der Waals surface area contributed by atoms with Gasteiger partial charge >= 0.3 is 0 Å². The predicted molar refractivity (Wildman–Crippen MR) is 156 cm³/mol. The van der Waals surface area contributed by atoms with Crippen LogP contribution in [0.1, 0.15) is 0 Å². The molecule has 39 heavy (non-hydrogen) atoms. The van der Waals surface area contributed by atoms with Gasteiger partial charge in [0.15, 0.2) is 11.5 Å². The Kier molecular flexibility index (Phi) is 4.84. The van der Waals surface area contributed by atoms with Crippen LogP contribution in [0.15, 0.2) is 103 Å². The number of hydrogen-bond donors (Lipinski definition) is 5. The van der Waals surface area contributed by atoms with Gasteiger partial charge in [0.1, 0.15) is 0 Å². The average Bonchev–Trinajstić information content (AvgIpc) is 2.98. The van der Waals surface area contributed by atoms with Crippen molar-refractivity contribution in [1.82, 2.24) is 0 Å². The van der Waals surface area contributed by atoms with Crippen molar-refractivity contribution in [3.05, 3.63) is 103 Å². The van der Waals surface area contributed by atoms with Gasteiger partial charge in [-0.05, 0) is 60.3 Å². The largest absolute Gasteiger partial charge is 0.504 e. The molecule has 5 N–H and O–H groups in total. The third-order valence-corrected chi connectivity index (χ3v) is 7.59. The van der Waals surface area contributed by atoms with Crippen molar-refractivity contribution in [3.8, 4) is 51.0 Å². The highest BCUT2D eigenvalue weighted by Gasteiger charge is 2.27. The lowest BCUT2D eigenvalue weighted by molar-refractivity contribution is 0.330. The number of benzene rings is 7. The SMILES string of the molecule is Oc1c(O)c(O)c(-c2c3ccccc3c(-c3ccc4c(ccc5ccccc54)c3)c3ccccc23)c(O)c1O. The topological polar surface area (TPSA) is 101 Å². The standard InChI is InChI=1S/C34H22O5/c35-30-29(31(36)33(38)34(39)32(30)37)28-25-11-5-3-9-23(25)27(24-10-4-6-12-26(24)28)20-15-16-22-19(17-20)14-13-18-7-1-2-8-21(18)22/h1-17,35-39H. The van der Waals surface area contributed by atoms with E-state index in [0.717, 1.165) is 32.7 Å². The highest BCUT2D eigenvalue weighted by Crippen LogP contribution is 2.57. The minimum absolute atomic E-state index is 0.160. The molecule has 0 aliphatic heterocycles. The van der Waals surface area contributed by atoms with Crippen molar-refractivity contribution < 1.29 is 25.5 Å². The fourth-order valence-corrected chi connectivity index (χ4v) is 5.80. The number of fused-ring (bicyclic) bond motifs is 5. The van der Waals surface area contributed by atoms with E-state index in [1.807, 2.05) is 60.7 Å². The molecule has 0 radical (unpaired) electrons. The van der Waals surface area contributed by atoms with Gasteiger partial charge in [-0.15, -0.1) is 0 Å². The average molecular weight is 511 g/mol. The number of phenols is 5. The Morgan fingerprint density at radius 2 is 0.744 bits per heavy atom. The first-order valence-electron chi connectivity index (χ1n) is 12.5. The molecular weight excluding hydrogens is 488 g/mol. The van der Waals surface area contributed by atoms with Crippen LogP contribution in [0.25, 0.3) is 65.3 Å². The summed E-state index contributed by atoms with van der Waals surface area (Å²) in [5, 5.41) is 60.1. The van der Waals surface area contributed by atoms with E-state index in [0.29, 0.717) is 16.3 Å². The second kappa shape index (κ2) is 8.30. The Bertz CT molecular complexity index is 2040. The number of rotatable bonds is 2. The highest BCUT2D eigenvalue weighted by atomic mass is 16.4. The lowest BCUT2D eigenvalue weighted by Gasteiger charge is -2.20. The molecule has 0 fully saturated rings. The van der Waals surface area contributed by atoms with Crippen LogP contribution in [0.2, 0.25) is 0 Å². The smallest absolute Gasteiger partial charge is 0.208 e. The summed E-state index contributed by atoms with van der Waals surface area (Å²) in [4.78, 5) is 0. The van der Waals surface area contributed by atoms with Crippen molar-refractivity contribution in [1.29, 1.82) is 0 Å². The second-order valence-electron chi connectivity index (χ2n) is 9.68. The third-order valence-electron chi connectivity index (χ3n) is 7.59. The van der Waals surface area contributed by atoms with Gasteiger partial charge < -0.3 is 25.5 Å². The Morgan fingerprint density at radius 1 is 0.308 bits per heavy atom. The van der Waals surface area contributed by atoms with Crippen LogP contribution in [-0.2, 0) is 0 Å². The zero-order valence-electron chi connectivity index (χ0n) is 20.6. The Labute approximate surface area is 222 Å². The molecule has 7 aromatic carbocycles. The van der Waals surface area contributed by atoms with E-state index >= 15 is 0 Å². The van der Waals surface area contributed by atoms with E-state index in [4.69, 9.17) is 0 Å². The fourth-order valence-electron chi connectivity index (χ4n) is 5.80. The monoisotopic (exact) mass is 510 g/mol. The molecule has 0 atom stereocenters. The van der Waals surface area contributed by atoms with Gasteiger partial charge in [-0.2, -0.15) is 0 Å². The third kappa shape index (κ3) is 3.20. The maximum absolute atomic E-state index is 10.9. The Morgan fingerprint density at radius 3 is 1.33 bits per heavy atom. The lowest BCUT2D eigenvalue weighted by Crippen LogP contribution is -1.92. The van der Waals surface area contributed by atoms with E-state index in [-0.39, 0.29) is 5.56 Å². The van der Waals surface area contributed by atoms with E-state index < -0.39 is 28.7 Å². The Hall–Kier alpha value is -5.42. The minimum atomic E-state index is -0.984. The number of phenolic OH excluding ortho intramolecular Hbond substituents is 5. The lowest BCUT2D eigenvalue weighted by atomic mass is 9.84. The minimum Gasteiger partial charge on any atom is -0.504 e. The molecule has 0 spiro atoms. The van der Waals surface area contributed by atoms with Crippen LogP contribution in [0.4, 0.5) is 0 Å². The quantitative estimate of drug-likeness (QED) is 0.0699. The molecule has 7 aromatic rings. The number of hydrogen-bond acceptors (Lipinski definition) is 5. The molecule has 5 heteroatoms. The summed E-state index contributed by atoms with van der Waals surface area (Å²) in [5.74, 6) is -4.23. The predicted octanol–water partition coefficient (Wildman–Crippen LogP) is 8.16. The fraction of sp³-hybridized carbons (Fsp3) is 0. The van der Waals surface area contributed by atoms with E-state index in [1.165, 1.54) is 10.8 Å². The van der Waals surface area contributed by atoms with Crippen LogP contribution in [0, 0.1) is 0 Å². The summed E-state index contributed by atoms with van der Waals surface area (Å²) in [5.41, 5.74) is 2.25. The van der Waals surface area contributed by atoms with Crippen molar-refractivity contribution in [2.75, 3.05) is 0 Å². The molecule has 188 valence electrons. The molecule has 5 nitrogen and oxygen atoms in total. The van der Waals surface area contributed by atoms with Gasteiger partial charge in [-0.1, -0.05) is 97.1 Å². The molecule has 7 rings (SSSR count). The summed E-state index contributed by atoms with van der Waals surface area (Å²) in [6, 6.07) is 34.2. The zero-order chi connectivity index (χ0) is 26.8. The molecular formula is C34H22O5. The van der Waals surface area contributed by atoms with Crippen LogP contribution >= 0.6 is 0 Å². The first kappa shape index (κ1) is 22.8. The second-order valence-corrected chi connectivity index (χ2v) is 9.68. The summed E-state index contributed by atoms with van der Waals surface area (Å²) >= 11 is 0.